The number of non-ortho nitro benzene ring substituents is 1. The highest BCUT2D eigenvalue weighted by Gasteiger charge is 2.12. The van der Waals surface area contributed by atoms with Gasteiger partial charge >= 0.3 is 0 Å². The lowest BCUT2D eigenvalue weighted by molar-refractivity contribution is -0.384. The highest BCUT2D eigenvalue weighted by Crippen LogP contribution is 2.26. The predicted octanol–water partition coefficient (Wildman–Crippen LogP) is 2.78. The fourth-order valence-electron chi connectivity index (χ4n) is 1.45. The van der Waals surface area contributed by atoms with Crippen molar-refractivity contribution in [1.82, 2.24) is 9.78 Å². The third-order valence-corrected chi connectivity index (χ3v) is 2.57. The van der Waals surface area contributed by atoms with Gasteiger partial charge in [-0.3, -0.25) is 10.1 Å². The second-order valence-corrected chi connectivity index (χ2v) is 3.58. The van der Waals surface area contributed by atoms with E-state index in [1.807, 2.05) is 0 Å². The Morgan fingerprint density at radius 1 is 1.62 bits per heavy atom. The van der Waals surface area contributed by atoms with Crippen molar-refractivity contribution in [2.45, 2.75) is 6.54 Å². The summed E-state index contributed by atoms with van der Waals surface area (Å²) in [6.07, 6.45) is 1.66. The molecule has 6 heteroatoms. The van der Waals surface area contributed by atoms with E-state index in [1.54, 1.807) is 16.8 Å². The van der Waals surface area contributed by atoms with E-state index >= 15 is 0 Å². The summed E-state index contributed by atoms with van der Waals surface area (Å²) in [6.45, 7) is 4.06. The zero-order chi connectivity index (χ0) is 11.7. The van der Waals surface area contributed by atoms with Gasteiger partial charge in [0.05, 0.1) is 11.5 Å². The number of nitro groups is 1. The Hall–Kier alpha value is -1.88. The van der Waals surface area contributed by atoms with Crippen LogP contribution in [-0.2, 0) is 6.54 Å². The van der Waals surface area contributed by atoms with Gasteiger partial charge in [-0.25, -0.2) is 4.68 Å². The number of rotatable bonds is 3. The van der Waals surface area contributed by atoms with E-state index < -0.39 is 4.92 Å². The molecule has 0 aliphatic carbocycles. The molecule has 0 unspecified atom stereocenters. The minimum Gasteiger partial charge on any atom is -0.258 e. The van der Waals surface area contributed by atoms with Crippen LogP contribution in [0.5, 0.6) is 0 Å². The van der Waals surface area contributed by atoms with Crippen LogP contribution in [0, 0.1) is 10.1 Å². The molecule has 0 amide bonds. The topological polar surface area (TPSA) is 61.0 Å². The van der Waals surface area contributed by atoms with Crippen LogP contribution in [0.3, 0.4) is 0 Å². The first-order valence-electron chi connectivity index (χ1n) is 4.55. The molecule has 5 nitrogen and oxygen atoms in total. The monoisotopic (exact) mass is 237 g/mol. The van der Waals surface area contributed by atoms with Gasteiger partial charge in [-0.05, 0) is 6.07 Å². The van der Waals surface area contributed by atoms with Gasteiger partial charge in [0.2, 0.25) is 0 Å². The molecule has 0 radical (unpaired) electrons. The molecule has 0 spiro atoms. The molecule has 82 valence electrons. The standard InChI is InChI=1S/C10H8ClN3O2/c1-2-5-13-10(11)8-4-3-7(14(15)16)6-9(8)12-13/h2-4,6H,1,5H2. The Balaban J connectivity index is 2.62. The summed E-state index contributed by atoms with van der Waals surface area (Å²) in [6, 6.07) is 4.41. The molecule has 2 aromatic rings. The maximum absolute atomic E-state index is 10.6. The lowest BCUT2D eigenvalue weighted by Gasteiger charge is -1.95. The first-order valence-corrected chi connectivity index (χ1v) is 4.92. The van der Waals surface area contributed by atoms with Gasteiger partial charge in [-0.15, -0.1) is 6.58 Å². The van der Waals surface area contributed by atoms with Gasteiger partial charge in [0, 0.05) is 17.5 Å². The number of allylic oxidation sites excluding steroid dienone is 1. The molecule has 1 aromatic heterocycles. The van der Waals surface area contributed by atoms with Crippen molar-refractivity contribution in [3.63, 3.8) is 0 Å². The number of benzene rings is 1. The highest BCUT2D eigenvalue weighted by atomic mass is 35.5. The minimum atomic E-state index is -0.458. The summed E-state index contributed by atoms with van der Waals surface area (Å²) >= 11 is 6.05. The minimum absolute atomic E-state index is 0.00687. The summed E-state index contributed by atoms with van der Waals surface area (Å²) in [5.41, 5.74) is 0.522. The summed E-state index contributed by atoms with van der Waals surface area (Å²) in [4.78, 5) is 10.1. The van der Waals surface area contributed by atoms with Crippen molar-refractivity contribution in [2.24, 2.45) is 0 Å². The number of halogens is 1. The van der Waals surface area contributed by atoms with Gasteiger partial charge in [0.1, 0.15) is 10.7 Å². The number of nitro benzene ring substituents is 1. The van der Waals surface area contributed by atoms with Gasteiger partial charge in [-0.1, -0.05) is 17.7 Å². The second-order valence-electron chi connectivity index (χ2n) is 3.22. The largest absolute Gasteiger partial charge is 0.271 e. The van der Waals surface area contributed by atoms with Gasteiger partial charge in [0.15, 0.2) is 0 Å². The van der Waals surface area contributed by atoms with E-state index in [0.717, 1.165) is 0 Å². The first-order chi connectivity index (χ1) is 7.63. The lowest BCUT2D eigenvalue weighted by Crippen LogP contribution is -1.96. The SMILES string of the molecule is C=CCn1nc2cc([N+](=O)[O-])ccc2c1Cl. The highest BCUT2D eigenvalue weighted by molar-refractivity contribution is 6.34. The Labute approximate surface area is 96.1 Å². The molecule has 0 N–H and O–H groups in total. The van der Waals surface area contributed by atoms with E-state index in [-0.39, 0.29) is 5.69 Å². The summed E-state index contributed by atoms with van der Waals surface area (Å²) in [7, 11) is 0. The maximum atomic E-state index is 10.6. The van der Waals surface area contributed by atoms with Crippen molar-refractivity contribution in [3.8, 4) is 0 Å². The van der Waals surface area contributed by atoms with E-state index in [9.17, 15) is 10.1 Å². The zero-order valence-corrected chi connectivity index (χ0v) is 9.02. The van der Waals surface area contributed by atoms with Crippen molar-refractivity contribution < 1.29 is 4.92 Å². The van der Waals surface area contributed by atoms with Crippen molar-refractivity contribution >= 4 is 28.2 Å². The third-order valence-electron chi connectivity index (χ3n) is 2.17. The van der Waals surface area contributed by atoms with Crippen LogP contribution in [0.1, 0.15) is 0 Å². The lowest BCUT2D eigenvalue weighted by atomic mass is 10.2. The molecule has 16 heavy (non-hydrogen) atoms. The summed E-state index contributed by atoms with van der Waals surface area (Å²) in [5.74, 6) is 0. The Bertz CT molecular complexity index is 577. The van der Waals surface area contributed by atoms with Crippen LogP contribution in [0.15, 0.2) is 30.9 Å². The van der Waals surface area contributed by atoms with E-state index in [1.165, 1.54) is 12.1 Å². The summed E-state index contributed by atoms with van der Waals surface area (Å²) < 4.78 is 1.54. The number of fused-ring (bicyclic) bond motifs is 1. The van der Waals surface area contributed by atoms with E-state index in [2.05, 4.69) is 11.7 Å². The van der Waals surface area contributed by atoms with Crippen LogP contribution in [0.4, 0.5) is 5.69 Å². The van der Waals surface area contributed by atoms with Gasteiger partial charge < -0.3 is 0 Å². The molecule has 0 bridgehead atoms. The molecule has 0 aliphatic heterocycles. The second kappa shape index (κ2) is 3.94. The average molecular weight is 238 g/mol. The first kappa shape index (κ1) is 10.6. The molecule has 0 saturated carbocycles. The van der Waals surface area contributed by atoms with Crippen molar-refractivity contribution in [3.05, 3.63) is 46.1 Å². The van der Waals surface area contributed by atoms with Crippen LogP contribution in [-0.4, -0.2) is 14.7 Å². The Morgan fingerprint density at radius 3 is 3.00 bits per heavy atom. The van der Waals surface area contributed by atoms with Crippen LogP contribution < -0.4 is 0 Å². The number of hydrogen-bond donors (Lipinski definition) is 0. The number of nitrogens with zero attached hydrogens (tertiary/aromatic N) is 3. The predicted molar refractivity (Wildman–Crippen MR) is 61.6 cm³/mol. The van der Waals surface area contributed by atoms with Crippen LogP contribution >= 0.6 is 11.6 Å². The zero-order valence-electron chi connectivity index (χ0n) is 8.26. The third kappa shape index (κ3) is 1.65. The fourth-order valence-corrected chi connectivity index (χ4v) is 1.71. The molecule has 1 aromatic carbocycles. The molecule has 0 fully saturated rings. The van der Waals surface area contributed by atoms with E-state index in [4.69, 9.17) is 11.6 Å². The van der Waals surface area contributed by atoms with Gasteiger partial charge in [-0.2, -0.15) is 5.10 Å². The Morgan fingerprint density at radius 2 is 2.38 bits per heavy atom. The molecule has 2 rings (SSSR count). The molecule has 0 atom stereocenters. The smallest absolute Gasteiger partial charge is 0.258 e. The molecular formula is C10H8ClN3O2. The van der Waals surface area contributed by atoms with Crippen molar-refractivity contribution in [1.29, 1.82) is 0 Å². The number of aromatic nitrogens is 2. The van der Waals surface area contributed by atoms with Crippen molar-refractivity contribution in [2.75, 3.05) is 0 Å². The molecule has 1 heterocycles. The van der Waals surface area contributed by atoms with Gasteiger partial charge in [0.25, 0.3) is 5.69 Å². The maximum Gasteiger partial charge on any atom is 0.271 e. The normalized spacial score (nSPS) is 10.6. The van der Waals surface area contributed by atoms with Crippen LogP contribution in [0.25, 0.3) is 10.9 Å². The number of hydrogen-bond acceptors (Lipinski definition) is 3. The fraction of sp³-hybridized carbons (Fsp3) is 0.100. The molecule has 0 saturated heterocycles. The molecular weight excluding hydrogens is 230 g/mol. The summed E-state index contributed by atoms with van der Waals surface area (Å²) in [5, 5.41) is 15.9. The van der Waals surface area contributed by atoms with E-state index in [0.29, 0.717) is 22.6 Å². The average Bonchev–Trinajstić information content (AvgIpc) is 2.56. The molecule has 0 aliphatic rings. The van der Waals surface area contributed by atoms with Crippen LogP contribution in [0.2, 0.25) is 5.15 Å². The Kier molecular flexibility index (Phi) is 2.62. The quantitative estimate of drug-likeness (QED) is 0.468.